The van der Waals surface area contributed by atoms with Crippen molar-refractivity contribution in [2.75, 3.05) is 18.4 Å². The Balaban J connectivity index is 1.49. The van der Waals surface area contributed by atoms with Crippen molar-refractivity contribution in [3.63, 3.8) is 0 Å². The Kier molecular flexibility index (Phi) is 5.66. The van der Waals surface area contributed by atoms with Crippen molar-refractivity contribution in [1.29, 1.82) is 0 Å². The zero-order chi connectivity index (χ0) is 16.2. The molecule has 1 aromatic heterocycles. The fraction of sp³-hybridized carbons (Fsp3) is 0.412. The van der Waals surface area contributed by atoms with E-state index in [9.17, 15) is 4.79 Å². The molecule has 1 aromatic carbocycles. The second-order valence-corrected chi connectivity index (χ2v) is 8.22. The molecule has 1 aliphatic rings. The summed E-state index contributed by atoms with van der Waals surface area (Å²) in [6, 6.07) is 7.93. The molecule has 3 rings (SSSR count). The molecule has 1 aliphatic heterocycles. The summed E-state index contributed by atoms with van der Waals surface area (Å²) in [5, 5.41) is 6.29. The molecule has 0 saturated carbocycles. The van der Waals surface area contributed by atoms with Crippen LogP contribution in [0.3, 0.4) is 0 Å². The second kappa shape index (κ2) is 7.72. The van der Waals surface area contributed by atoms with Gasteiger partial charge in [-0.1, -0.05) is 6.07 Å². The third-order valence-electron chi connectivity index (χ3n) is 4.10. The van der Waals surface area contributed by atoms with Crippen LogP contribution in [0.25, 0.3) is 0 Å². The lowest BCUT2D eigenvalue weighted by Gasteiger charge is -2.30. The van der Waals surface area contributed by atoms with Crippen molar-refractivity contribution in [2.24, 2.45) is 5.92 Å². The largest absolute Gasteiger partial charge is 0.326 e. The summed E-state index contributed by atoms with van der Waals surface area (Å²) in [5.74, 6) is 0.262. The highest BCUT2D eigenvalue weighted by Gasteiger charge is 2.25. The average Bonchev–Trinajstić information content (AvgIpc) is 2.93. The standard InChI is InChI=1S/C17H20IN3OS/c1-12-19-16(11-23-12)10-21-7-5-13(6-8-21)17(22)20-15-4-2-3-14(18)9-15/h2-4,9,11,13H,5-8,10H2,1H3,(H,20,22). The van der Waals surface area contributed by atoms with Gasteiger partial charge in [0.05, 0.1) is 10.7 Å². The van der Waals surface area contributed by atoms with Gasteiger partial charge in [0.25, 0.3) is 0 Å². The Hall–Kier alpha value is -0.990. The number of hydrogen-bond acceptors (Lipinski definition) is 4. The number of amides is 1. The molecule has 0 bridgehead atoms. The van der Waals surface area contributed by atoms with E-state index in [2.05, 4.69) is 43.2 Å². The van der Waals surface area contributed by atoms with Gasteiger partial charge in [0.1, 0.15) is 0 Å². The minimum atomic E-state index is 0.112. The molecule has 0 spiro atoms. The van der Waals surface area contributed by atoms with Crippen LogP contribution in [-0.4, -0.2) is 28.9 Å². The summed E-state index contributed by atoms with van der Waals surface area (Å²) < 4.78 is 1.13. The second-order valence-electron chi connectivity index (χ2n) is 5.91. The maximum absolute atomic E-state index is 12.4. The van der Waals surface area contributed by atoms with Gasteiger partial charge in [-0.05, 0) is 73.6 Å². The lowest BCUT2D eigenvalue weighted by atomic mass is 9.95. The van der Waals surface area contributed by atoms with Crippen LogP contribution < -0.4 is 5.32 Å². The molecule has 4 nitrogen and oxygen atoms in total. The average molecular weight is 441 g/mol. The Morgan fingerprint density at radius 2 is 2.22 bits per heavy atom. The molecule has 2 aromatic rings. The summed E-state index contributed by atoms with van der Waals surface area (Å²) in [4.78, 5) is 19.3. The lowest BCUT2D eigenvalue weighted by Crippen LogP contribution is -2.37. The zero-order valence-electron chi connectivity index (χ0n) is 13.1. The van der Waals surface area contributed by atoms with Gasteiger partial charge >= 0.3 is 0 Å². The van der Waals surface area contributed by atoms with E-state index < -0.39 is 0 Å². The number of rotatable bonds is 4. The van der Waals surface area contributed by atoms with E-state index in [4.69, 9.17) is 0 Å². The number of aryl methyl sites for hydroxylation is 1. The molecule has 1 N–H and O–H groups in total. The van der Waals surface area contributed by atoms with E-state index in [0.717, 1.165) is 52.4 Å². The van der Waals surface area contributed by atoms with Gasteiger partial charge in [-0.3, -0.25) is 9.69 Å². The van der Waals surface area contributed by atoms with E-state index in [1.807, 2.05) is 31.2 Å². The van der Waals surface area contributed by atoms with E-state index in [-0.39, 0.29) is 11.8 Å². The Bertz CT molecular complexity index is 680. The molecule has 122 valence electrons. The molecule has 0 radical (unpaired) electrons. The summed E-state index contributed by atoms with van der Waals surface area (Å²) >= 11 is 3.96. The van der Waals surface area contributed by atoms with E-state index >= 15 is 0 Å². The number of hydrogen-bond donors (Lipinski definition) is 1. The quantitative estimate of drug-likeness (QED) is 0.733. The highest BCUT2D eigenvalue weighted by atomic mass is 127. The van der Waals surface area contributed by atoms with Crippen molar-refractivity contribution in [3.8, 4) is 0 Å². The molecule has 1 saturated heterocycles. The van der Waals surface area contributed by atoms with Crippen molar-refractivity contribution >= 4 is 45.5 Å². The molecular formula is C17H20IN3OS. The first-order chi connectivity index (χ1) is 11.1. The molecule has 2 heterocycles. The number of halogens is 1. The van der Waals surface area contributed by atoms with Crippen LogP contribution in [-0.2, 0) is 11.3 Å². The molecule has 0 atom stereocenters. The number of carbonyl (C=O) groups is 1. The highest BCUT2D eigenvalue weighted by molar-refractivity contribution is 14.1. The van der Waals surface area contributed by atoms with Gasteiger partial charge in [0.2, 0.25) is 5.91 Å². The molecule has 0 aliphatic carbocycles. The first-order valence-electron chi connectivity index (χ1n) is 7.80. The number of benzene rings is 1. The van der Waals surface area contributed by atoms with Crippen LogP contribution in [0.1, 0.15) is 23.5 Å². The normalized spacial score (nSPS) is 16.4. The molecule has 0 unspecified atom stereocenters. The number of anilines is 1. The first kappa shape index (κ1) is 16.9. The molecule has 6 heteroatoms. The van der Waals surface area contributed by atoms with Crippen molar-refractivity contribution in [1.82, 2.24) is 9.88 Å². The van der Waals surface area contributed by atoms with Crippen LogP contribution in [0.5, 0.6) is 0 Å². The van der Waals surface area contributed by atoms with E-state index in [1.54, 1.807) is 11.3 Å². The van der Waals surface area contributed by atoms with Crippen molar-refractivity contribution in [3.05, 3.63) is 43.9 Å². The predicted octanol–water partition coefficient (Wildman–Crippen LogP) is 3.91. The van der Waals surface area contributed by atoms with Gasteiger partial charge in [-0.25, -0.2) is 4.98 Å². The van der Waals surface area contributed by atoms with Crippen LogP contribution in [0, 0.1) is 16.4 Å². The molecule has 1 amide bonds. The monoisotopic (exact) mass is 441 g/mol. The number of nitrogens with one attached hydrogen (secondary N) is 1. The zero-order valence-corrected chi connectivity index (χ0v) is 16.1. The van der Waals surface area contributed by atoms with Crippen molar-refractivity contribution in [2.45, 2.75) is 26.3 Å². The van der Waals surface area contributed by atoms with Gasteiger partial charge in [0, 0.05) is 27.1 Å². The van der Waals surface area contributed by atoms with E-state index in [1.165, 1.54) is 0 Å². The maximum Gasteiger partial charge on any atom is 0.227 e. The summed E-state index contributed by atoms with van der Waals surface area (Å²) in [6.45, 7) is 4.85. The number of carbonyl (C=O) groups excluding carboxylic acids is 1. The Morgan fingerprint density at radius 3 is 2.87 bits per heavy atom. The Labute approximate surface area is 154 Å². The van der Waals surface area contributed by atoms with Crippen LogP contribution in [0.2, 0.25) is 0 Å². The lowest BCUT2D eigenvalue weighted by molar-refractivity contribution is -0.121. The predicted molar refractivity (Wildman–Crippen MR) is 103 cm³/mol. The number of piperidine rings is 1. The van der Waals surface area contributed by atoms with Crippen LogP contribution >= 0.6 is 33.9 Å². The van der Waals surface area contributed by atoms with E-state index in [0.29, 0.717) is 0 Å². The van der Waals surface area contributed by atoms with Gasteiger partial charge in [-0.2, -0.15) is 0 Å². The SMILES string of the molecule is Cc1nc(CN2CCC(C(=O)Nc3cccc(I)c3)CC2)cs1. The van der Waals surface area contributed by atoms with Gasteiger partial charge < -0.3 is 5.32 Å². The van der Waals surface area contributed by atoms with Crippen LogP contribution in [0.15, 0.2) is 29.6 Å². The Morgan fingerprint density at radius 1 is 1.43 bits per heavy atom. The maximum atomic E-state index is 12.4. The number of nitrogens with zero attached hydrogens (tertiary/aromatic N) is 2. The molecule has 23 heavy (non-hydrogen) atoms. The fourth-order valence-corrected chi connectivity index (χ4v) is 4.02. The third kappa shape index (κ3) is 4.74. The number of likely N-dealkylation sites (tertiary alicyclic amines) is 1. The first-order valence-corrected chi connectivity index (χ1v) is 9.76. The summed E-state index contributed by atoms with van der Waals surface area (Å²) in [5.41, 5.74) is 2.04. The molecular weight excluding hydrogens is 421 g/mol. The highest BCUT2D eigenvalue weighted by Crippen LogP contribution is 2.22. The molecule has 1 fully saturated rings. The minimum Gasteiger partial charge on any atom is -0.326 e. The number of thiazole rings is 1. The number of aromatic nitrogens is 1. The van der Waals surface area contributed by atoms with Gasteiger partial charge in [0.15, 0.2) is 0 Å². The van der Waals surface area contributed by atoms with Crippen molar-refractivity contribution < 1.29 is 4.79 Å². The smallest absolute Gasteiger partial charge is 0.227 e. The van der Waals surface area contributed by atoms with Gasteiger partial charge in [-0.15, -0.1) is 11.3 Å². The summed E-state index contributed by atoms with van der Waals surface area (Å²) in [6.07, 6.45) is 1.83. The topological polar surface area (TPSA) is 45.2 Å². The fourth-order valence-electron chi connectivity index (χ4n) is 2.87. The summed E-state index contributed by atoms with van der Waals surface area (Å²) in [7, 11) is 0. The minimum absolute atomic E-state index is 0.112. The van der Waals surface area contributed by atoms with Crippen LogP contribution in [0.4, 0.5) is 5.69 Å². The third-order valence-corrected chi connectivity index (χ3v) is 5.60.